The number of rotatable bonds is 0. The lowest BCUT2D eigenvalue weighted by atomic mass is 9.84. The number of hydrogen-bond donors (Lipinski definition) is 0. The molecular weight excluding hydrogens is 344 g/mol. The first kappa shape index (κ1) is 18.9. The molecular formula is C24H18N4. The molecule has 0 saturated heterocycles. The molecule has 2 aliphatic rings. The van der Waals surface area contributed by atoms with Crippen molar-refractivity contribution in [1.82, 2.24) is 0 Å². The zero-order chi connectivity index (χ0) is 20.9. The van der Waals surface area contributed by atoms with Gasteiger partial charge in [-0.2, -0.15) is 0 Å². The van der Waals surface area contributed by atoms with Crippen LogP contribution in [0.3, 0.4) is 0 Å². The summed E-state index contributed by atoms with van der Waals surface area (Å²) in [7, 11) is 0. The number of allylic oxidation sites excluding steroid dienone is 8. The van der Waals surface area contributed by atoms with Gasteiger partial charge in [0.05, 0.1) is 25.3 Å². The lowest BCUT2D eigenvalue weighted by Gasteiger charge is -2.19. The summed E-state index contributed by atoms with van der Waals surface area (Å²) in [6.07, 6.45) is 0. The summed E-state index contributed by atoms with van der Waals surface area (Å²) in [4.78, 5) is 6.94. The fourth-order valence-corrected chi connectivity index (χ4v) is 4.55. The topological polar surface area (TPSA) is 56.3 Å². The average molecular weight is 362 g/mol. The molecule has 0 unspecified atom stereocenters. The Labute approximate surface area is 165 Å². The number of fused-ring (bicyclic) bond motifs is 2. The fraction of sp³-hybridized carbons (Fsp3) is 0.250. The van der Waals surface area contributed by atoms with Gasteiger partial charge in [-0.05, 0) is 97.2 Å². The number of nitrogens with zero attached hydrogens (tertiary/aromatic N) is 4. The Morgan fingerprint density at radius 2 is 0.929 bits per heavy atom. The number of hydrogen-bond acceptors (Lipinski definition) is 2. The van der Waals surface area contributed by atoms with E-state index in [1.807, 2.05) is 41.5 Å². The molecule has 4 nitrogen and oxygen atoms in total. The molecule has 0 aromatic heterocycles. The van der Waals surface area contributed by atoms with E-state index in [9.17, 15) is 10.5 Å². The van der Waals surface area contributed by atoms with Crippen LogP contribution in [0.5, 0.6) is 0 Å². The van der Waals surface area contributed by atoms with E-state index >= 15 is 0 Å². The van der Waals surface area contributed by atoms with E-state index in [1.165, 1.54) is 0 Å². The van der Waals surface area contributed by atoms with Crippen LogP contribution in [0, 0.1) is 49.7 Å². The zero-order valence-corrected chi connectivity index (χ0v) is 16.8. The van der Waals surface area contributed by atoms with Crippen LogP contribution < -0.4 is 0 Å². The number of nitriles is 2. The van der Waals surface area contributed by atoms with Crippen LogP contribution >= 0.6 is 0 Å². The molecule has 28 heavy (non-hydrogen) atoms. The van der Waals surface area contributed by atoms with E-state index in [4.69, 9.17) is 13.1 Å². The molecule has 3 rings (SSSR count). The maximum Gasteiger partial charge on any atom is 0.269 e. The Kier molecular flexibility index (Phi) is 4.32. The summed E-state index contributed by atoms with van der Waals surface area (Å²) in [6.45, 7) is 26.8. The van der Waals surface area contributed by atoms with Crippen molar-refractivity contribution in [2.24, 2.45) is 0 Å². The van der Waals surface area contributed by atoms with Crippen molar-refractivity contribution in [2.45, 2.75) is 41.5 Å². The van der Waals surface area contributed by atoms with Gasteiger partial charge in [-0.15, -0.1) is 0 Å². The minimum Gasteiger partial charge on any atom is -0.226 e. The molecule has 0 heterocycles. The van der Waals surface area contributed by atoms with Gasteiger partial charge in [0.15, 0.2) is 0 Å². The van der Waals surface area contributed by atoms with Crippen molar-refractivity contribution in [3.05, 3.63) is 78.8 Å². The average Bonchev–Trinajstić information content (AvgIpc) is 3.10. The molecule has 1 aromatic carbocycles. The minimum atomic E-state index is 0.101. The van der Waals surface area contributed by atoms with Gasteiger partial charge in [-0.25, -0.2) is 20.2 Å². The molecule has 0 N–H and O–H groups in total. The summed E-state index contributed by atoms with van der Waals surface area (Å²) in [5.41, 5.74) is 11.5. The maximum atomic E-state index is 9.51. The van der Waals surface area contributed by atoms with Crippen LogP contribution in [0.25, 0.3) is 32.0 Å². The van der Waals surface area contributed by atoms with Crippen LogP contribution in [0.1, 0.15) is 61.1 Å². The van der Waals surface area contributed by atoms with E-state index in [1.54, 1.807) is 0 Å². The Morgan fingerprint density at radius 1 is 0.607 bits per heavy atom. The van der Waals surface area contributed by atoms with Gasteiger partial charge in [0.2, 0.25) is 0 Å². The summed E-state index contributed by atoms with van der Waals surface area (Å²) in [5, 5.41) is 19.0. The monoisotopic (exact) mass is 362 g/mol. The third-order valence-corrected chi connectivity index (χ3v) is 6.03. The molecule has 0 saturated carbocycles. The second kappa shape index (κ2) is 6.39. The highest BCUT2D eigenvalue weighted by Crippen LogP contribution is 2.54. The number of benzene rings is 1. The first-order valence-electron chi connectivity index (χ1n) is 8.84. The third-order valence-electron chi connectivity index (χ3n) is 6.03. The van der Waals surface area contributed by atoms with Gasteiger partial charge in [0.25, 0.3) is 11.4 Å². The second-order valence-corrected chi connectivity index (χ2v) is 7.14. The van der Waals surface area contributed by atoms with Gasteiger partial charge >= 0.3 is 0 Å². The third kappa shape index (κ3) is 2.13. The second-order valence-electron chi connectivity index (χ2n) is 7.14. The van der Waals surface area contributed by atoms with E-state index < -0.39 is 0 Å². The Hall–Kier alpha value is -3.86. The SMILES string of the molecule is [C-]#[N+]C(C#N)=C1C(C)=C(C)c2c(C)c3c(c(C)c21)C(C)=C(C)/C3=C(\C#N)[N+]#[C-]. The van der Waals surface area contributed by atoms with Crippen molar-refractivity contribution in [3.8, 4) is 12.1 Å². The molecule has 0 aliphatic heterocycles. The molecule has 0 bridgehead atoms. The zero-order valence-electron chi connectivity index (χ0n) is 16.8. The van der Waals surface area contributed by atoms with Gasteiger partial charge < -0.3 is 0 Å². The molecule has 4 heteroatoms. The molecule has 0 atom stereocenters. The van der Waals surface area contributed by atoms with Crippen LogP contribution in [-0.2, 0) is 0 Å². The Balaban J connectivity index is 2.62. The molecule has 0 amide bonds. The predicted octanol–water partition coefficient (Wildman–Crippen LogP) is 6.23. The quantitative estimate of drug-likeness (QED) is 0.406. The van der Waals surface area contributed by atoms with Crippen molar-refractivity contribution in [2.75, 3.05) is 0 Å². The van der Waals surface area contributed by atoms with Crippen molar-refractivity contribution in [1.29, 1.82) is 10.5 Å². The summed E-state index contributed by atoms with van der Waals surface area (Å²) >= 11 is 0. The molecule has 0 spiro atoms. The van der Waals surface area contributed by atoms with Gasteiger partial charge in [0.1, 0.15) is 0 Å². The largest absolute Gasteiger partial charge is 0.269 e. The molecule has 1 aromatic rings. The van der Waals surface area contributed by atoms with Crippen molar-refractivity contribution >= 4 is 22.3 Å². The lowest BCUT2D eigenvalue weighted by molar-refractivity contribution is 1.29. The molecule has 0 fully saturated rings. The first-order chi connectivity index (χ1) is 13.3. The van der Waals surface area contributed by atoms with Gasteiger partial charge in [-0.3, -0.25) is 0 Å². The van der Waals surface area contributed by atoms with Crippen molar-refractivity contribution < 1.29 is 0 Å². The molecule has 2 aliphatic carbocycles. The van der Waals surface area contributed by atoms with Crippen LogP contribution in [0.4, 0.5) is 0 Å². The van der Waals surface area contributed by atoms with E-state index in [0.29, 0.717) is 11.1 Å². The highest BCUT2D eigenvalue weighted by atomic mass is 14.7. The molecule has 0 radical (unpaired) electrons. The van der Waals surface area contributed by atoms with Crippen LogP contribution in [0.2, 0.25) is 0 Å². The lowest BCUT2D eigenvalue weighted by Crippen LogP contribution is -2.02. The van der Waals surface area contributed by atoms with Gasteiger partial charge in [0, 0.05) is 11.1 Å². The summed E-state index contributed by atoms with van der Waals surface area (Å²) in [6, 6.07) is 4.10. The predicted molar refractivity (Wildman–Crippen MR) is 111 cm³/mol. The van der Waals surface area contributed by atoms with E-state index in [-0.39, 0.29) is 11.4 Å². The molecule has 134 valence electrons. The minimum absolute atomic E-state index is 0.101. The van der Waals surface area contributed by atoms with Crippen molar-refractivity contribution in [3.63, 3.8) is 0 Å². The Morgan fingerprint density at radius 3 is 1.18 bits per heavy atom. The fourth-order valence-electron chi connectivity index (χ4n) is 4.55. The van der Waals surface area contributed by atoms with E-state index in [0.717, 1.165) is 55.7 Å². The Bertz CT molecular complexity index is 1150. The van der Waals surface area contributed by atoms with Gasteiger partial charge in [-0.1, -0.05) is 0 Å². The highest BCUT2D eigenvalue weighted by Gasteiger charge is 2.35. The summed E-state index contributed by atoms with van der Waals surface area (Å²) in [5.74, 6) is 0. The highest BCUT2D eigenvalue weighted by molar-refractivity contribution is 6.10. The standard InChI is InChI=1S/C24H18N4/c1-11-13(3)21(17(9-25)27-7)23-16(6)20-12(2)14(4)22(18(10-26)28-8)24(20)15(5)19(11)23/h1-6H3/b21-17-,22-18?. The maximum absolute atomic E-state index is 9.51. The van der Waals surface area contributed by atoms with E-state index in [2.05, 4.69) is 21.8 Å². The van der Waals surface area contributed by atoms with Crippen LogP contribution in [0.15, 0.2) is 22.5 Å². The summed E-state index contributed by atoms with van der Waals surface area (Å²) < 4.78 is 0. The van der Waals surface area contributed by atoms with Crippen LogP contribution in [-0.4, -0.2) is 0 Å². The normalized spacial score (nSPS) is 18.1. The first-order valence-corrected chi connectivity index (χ1v) is 8.84. The smallest absolute Gasteiger partial charge is 0.226 e.